The van der Waals surface area contributed by atoms with Gasteiger partial charge in [-0.1, -0.05) is 59.7 Å². The minimum absolute atomic E-state index is 0.0972. The number of allylic oxidation sites excluding steroid dienone is 1. The average Bonchev–Trinajstić information content (AvgIpc) is 3.26. The molecular weight excluding hydrogens is 512 g/mol. The van der Waals surface area contributed by atoms with E-state index in [1.54, 1.807) is 37.7 Å². The molecule has 1 atom stereocenters. The molecule has 7 nitrogen and oxygen atoms in total. The number of benzene rings is 3. The normalized spacial score (nSPS) is 14.9. The third-order valence-corrected chi connectivity index (χ3v) is 7.45. The lowest BCUT2D eigenvalue weighted by molar-refractivity contribution is -0.139. The number of ether oxygens (including phenoxy) is 3. The second kappa shape index (κ2) is 11.0. The monoisotopic (exact) mass is 538 g/mol. The van der Waals surface area contributed by atoms with E-state index in [0.717, 1.165) is 21.9 Å². The molecule has 2 heterocycles. The van der Waals surface area contributed by atoms with Crippen molar-refractivity contribution in [1.82, 2.24) is 4.57 Å². The van der Waals surface area contributed by atoms with E-state index in [2.05, 4.69) is 10.9 Å². The third-order valence-electron chi connectivity index (χ3n) is 6.47. The van der Waals surface area contributed by atoms with E-state index in [0.29, 0.717) is 32.1 Å². The van der Waals surface area contributed by atoms with Crippen LogP contribution in [-0.4, -0.2) is 30.9 Å². The molecule has 196 valence electrons. The van der Waals surface area contributed by atoms with Gasteiger partial charge in [-0.05, 0) is 54.5 Å². The Morgan fingerprint density at radius 1 is 1.15 bits per heavy atom. The fourth-order valence-electron chi connectivity index (χ4n) is 4.69. The number of methoxy groups -OCH3 is 1. The van der Waals surface area contributed by atoms with Gasteiger partial charge in [0.2, 0.25) is 0 Å². The molecule has 0 spiro atoms. The Kier molecular flexibility index (Phi) is 7.35. The molecule has 8 heteroatoms. The van der Waals surface area contributed by atoms with Gasteiger partial charge in [0.25, 0.3) is 5.56 Å². The predicted molar refractivity (Wildman–Crippen MR) is 152 cm³/mol. The molecule has 1 aliphatic heterocycles. The summed E-state index contributed by atoms with van der Waals surface area (Å²) < 4.78 is 18.5. The number of aromatic nitrogens is 1. The molecule has 39 heavy (non-hydrogen) atoms. The van der Waals surface area contributed by atoms with Crippen molar-refractivity contribution in [2.24, 2.45) is 4.99 Å². The summed E-state index contributed by atoms with van der Waals surface area (Å²) in [6, 6.07) is 18.2. The molecule has 0 unspecified atom stereocenters. The summed E-state index contributed by atoms with van der Waals surface area (Å²) in [6.45, 7) is 3.81. The molecule has 0 bridgehead atoms. The standard InChI is InChI=1S/C31H26N2O5S/c1-5-17-38-25-16-13-20-9-7-8-10-23(20)24(25)18-26-29(34)33-28(21-11-14-22(36-4)15-12-21)27(30(35)37-6-2)19(3)32-31(33)39-26/h1,7-16,18,28H,6,17H2,2-4H3/b26-18-/t28-/m1/s1. The van der Waals surface area contributed by atoms with Crippen LogP contribution in [0.15, 0.2) is 81.7 Å². The highest BCUT2D eigenvalue weighted by Crippen LogP contribution is 2.32. The molecule has 0 N–H and O–H groups in total. The van der Waals surface area contributed by atoms with Crippen molar-refractivity contribution in [3.8, 4) is 23.8 Å². The molecule has 4 aromatic rings. The summed E-state index contributed by atoms with van der Waals surface area (Å²) in [7, 11) is 1.58. The molecule has 5 rings (SSSR count). The summed E-state index contributed by atoms with van der Waals surface area (Å²) in [4.78, 5) is 32.3. The number of hydrogen-bond donors (Lipinski definition) is 0. The lowest BCUT2D eigenvalue weighted by atomic mass is 9.96. The molecular formula is C31H26N2O5S. The van der Waals surface area contributed by atoms with Crippen molar-refractivity contribution in [3.05, 3.63) is 103 Å². The van der Waals surface area contributed by atoms with Crippen molar-refractivity contribution >= 4 is 34.2 Å². The molecule has 3 aromatic carbocycles. The van der Waals surface area contributed by atoms with Gasteiger partial charge in [0.1, 0.15) is 18.1 Å². The quantitative estimate of drug-likeness (QED) is 0.263. The van der Waals surface area contributed by atoms with Crippen LogP contribution >= 0.6 is 11.3 Å². The van der Waals surface area contributed by atoms with Gasteiger partial charge in [-0.25, -0.2) is 9.79 Å². The molecule has 0 fully saturated rings. The summed E-state index contributed by atoms with van der Waals surface area (Å²) in [5.74, 6) is 3.23. The van der Waals surface area contributed by atoms with Gasteiger partial charge in [0.05, 0.1) is 35.6 Å². The molecule has 1 aliphatic rings. The van der Waals surface area contributed by atoms with Gasteiger partial charge < -0.3 is 14.2 Å². The number of carbonyl (C=O) groups is 1. The highest BCUT2D eigenvalue weighted by Gasteiger charge is 2.33. The molecule has 0 radical (unpaired) electrons. The number of fused-ring (bicyclic) bond motifs is 2. The van der Waals surface area contributed by atoms with Gasteiger partial charge >= 0.3 is 5.97 Å². The molecule has 1 aromatic heterocycles. The van der Waals surface area contributed by atoms with Crippen molar-refractivity contribution in [3.63, 3.8) is 0 Å². The van der Waals surface area contributed by atoms with Crippen LogP contribution in [0.25, 0.3) is 16.8 Å². The van der Waals surface area contributed by atoms with Crippen molar-refractivity contribution < 1.29 is 19.0 Å². The molecule has 0 aliphatic carbocycles. The average molecular weight is 539 g/mol. The first-order valence-electron chi connectivity index (χ1n) is 12.4. The summed E-state index contributed by atoms with van der Waals surface area (Å²) in [6.07, 6.45) is 7.26. The van der Waals surface area contributed by atoms with Crippen LogP contribution in [0, 0.1) is 12.3 Å². The van der Waals surface area contributed by atoms with Crippen LogP contribution < -0.4 is 24.4 Å². The van der Waals surface area contributed by atoms with E-state index in [9.17, 15) is 9.59 Å². The topological polar surface area (TPSA) is 79.1 Å². The number of terminal acetylenes is 1. The Balaban J connectivity index is 1.76. The van der Waals surface area contributed by atoms with E-state index >= 15 is 0 Å². The predicted octanol–water partition coefficient (Wildman–Crippen LogP) is 3.97. The maximum absolute atomic E-state index is 14.0. The van der Waals surface area contributed by atoms with E-state index in [1.165, 1.54) is 11.3 Å². The zero-order chi connectivity index (χ0) is 27.5. The van der Waals surface area contributed by atoms with Gasteiger partial charge in [0, 0.05) is 5.56 Å². The Bertz CT molecular complexity index is 1820. The zero-order valence-electron chi connectivity index (χ0n) is 21.8. The smallest absolute Gasteiger partial charge is 0.338 e. The highest BCUT2D eigenvalue weighted by atomic mass is 32.1. The van der Waals surface area contributed by atoms with E-state index in [1.807, 2.05) is 54.6 Å². The lowest BCUT2D eigenvalue weighted by Crippen LogP contribution is -2.39. The zero-order valence-corrected chi connectivity index (χ0v) is 22.6. The Morgan fingerprint density at radius 3 is 2.64 bits per heavy atom. The van der Waals surface area contributed by atoms with Crippen LogP contribution in [0.1, 0.15) is 31.0 Å². The van der Waals surface area contributed by atoms with Crippen molar-refractivity contribution in [1.29, 1.82) is 0 Å². The minimum Gasteiger partial charge on any atom is -0.497 e. The van der Waals surface area contributed by atoms with E-state index in [-0.39, 0.29) is 18.8 Å². The molecule has 0 saturated heterocycles. The summed E-state index contributed by atoms with van der Waals surface area (Å²) in [5, 5.41) is 1.93. The third kappa shape index (κ3) is 4.85. The number of thiazole rings is 1. The summed E-state index contributed by atoms with van der Waals surface area (Å²) >= 11 is 1.26. The second-order valence-electron chi connectivity index (χ2n) is 8.77. The van der Waals surface area contributed by atoms with Crippen LogP contribution in [0.2, 0.25) is 0 Å². The first-order chi connectivity index (χ1) is 19.0. The van der Waals surface area contributed by atoms with Gasteiger partial charge in [0.15, 0.2) is 4.80 Å². The first kappa shape index (κ1) is 26.0. The van der Waals surface area contributed by atoms with Crippen LogP contribution in [-0.2, 0) is 9.53 Å². The second-order valence-corrected chi connectivity index (χ2v) is 9.78. The maximum atomic E-state index is 14.0. The number of rotatable bonds is 7. The molecule has 0 amide bonds. The van der Waals surface area contributed by atoms with Gasteiger partial charge in [-0.3, -0.25) is 9.36 Å². The van der Waals surface area contributed by atoms with Gasteiger partial charge in [-0.15, -0.1) is 6.42 Å². The fourth-order valence-corrected chi connectivity index (χ4v) is 5.72. The van der Waals surface area contributed by atoms with Crippen molar-refractivity contribution in [2.75, 3.05) is 20.3 Å². The Morgan fingerprint density at radius 2 is 1.92 bits per heavy atom. The molecule has 0 saturated carbocycles. The fraction of sp³-hybridized carbons (Fsp3) is 0.194. The maximum Gasteiger partial charge on any atom is 0.338 e. The number of carbonyl (C=O) groups excluding carboxylic acids is 1. The summed E-state index contributed by atoms with van der Waals surface area (Å²) in [5.41, 5.74) is 2.04. The number of esters is 1. The van der Waals surface area contributed by atoms with E-state index < -0.39 is 12.0 Å². The lowest BCUT2D eigenvalue weighted by Gasteiger charge is -2.24. The number of hydrogen-bond acceptors (Lipinski definition) is 7. The SMILES string of the molecule is C#CCOc1ccc2ccccc2c1/C=c1\sc2n(c1=O)[C@H](c1ccc(OC)cc1)C(C(=O)OCC)=C(C)N=2. The van der Waals surface area contributed by atoms with Gasteiger partial charge in [-0.2, -0.15) is 0 Å². The van der Waals surface area contributed by atoms with Crippen LogP contribution in [0.4, 0.5) is 0 Å². The van der Waals surface area contributed by atoms with Crippen LogP contribution in [0.5, 0.6) is 11.5 Å². The van der Waals surface area contributed by atoms with Crippen LogP contribution in [0.3, 0.4) is 0 Å². The Labute approximate surface area is 229 Å². The highest BCUT2D eigenvalue weighted by molar-refractivity contribution is 7.07. The van der Waals surface area contributed by atoms with E-state index in [4.69, 9.17) is 20.6 Å². The number of nitrogens with zero attached hydrogens (tertiary/aromatic N) is 2. The minimum atomic E-state index is -0.710. The largest absolute Gasteiger partial charge is 0.497 e. The Hall–Kier alpha value is -4.61. The van der Waals surface area contributed by atoms with Crippen molar-refractivity contribution in [2.45, 2.75) is 19.9 Å². The first-order valence-corrected chi connectivity index (χ1v) is 13.2.